The van der Waals surface area contributed by atoms with Crippen LogP contribution in [0.4, 0.5) is 10.1 Å². The van der Waals surface area contributed by atoms with E-state index in [1.54, 1.807) is 31.3 Å². The maximum atomic E-state index is 14.0. The van der Waals surface area contributed by atoms with Gasteiger partial charge in [-0.05, 0) is 24.6 Å². The first-order chi connectivity index (χ1) is 11.6. The number of rotatable bonds is 5. The number of amides is 1. The molecule has 0 radical (unpaired) electrons. The van der Waals surface area contributed by atoms with Crippen molar-refractivity contribution in [2.75, 3.05) is 5.32 Å². The van der Waals surface area contributed by atoms with Gasteiger partial charge in [-0.3, -0.25) is 4.79 Å². The van der Waals surface area contributed by atoms with E-state index >= 15 is 0 Å². The molecule has 0 spiro atoms. The number of nitrogens with two attached hydrogens (primary N) is 1. The lowest BCUT2D eigenvalue weighted by atomic mass is 10.1. The molecule has 1 atom stereocenters. The van der Waals surface area contributed by atoms with Crippen LogP contribution in [0.25, 0.3) is 5.69 Å². The summed E-state index contributed by atoms with van der Waals surface area (Å²) in [4.78, 5) is 11.8. The molecular formula is C18H17FN4O. The highest BCUT2D eigenvalue weighted by Gasteiger charge is 2.20. The van der Waals surface area contributed by atoms with Crippen molar-refractivity contribution in [1.29, 1.82) is 0 Å². The summed E-state index contributed by atoms with van der Waals surface area (Å²) in [6.07, 6.45) is 1.56. The molecule has 6 heteroatoms. The Kier molecular flexibility index (Phi) is 4.29. The SMILES string of the molecule is Cc1c(NC(C(N)=O)c2ccccc2)cnn1-c1ccccc1F. The molecule has 0 aliphatic rings. The molecule has 1 unspecified atom stereocenters. The number of halogens is 1. The van der Waals surface area contributed by atoms with Crippen LogP contribution in [0, 0.1) is 12.7 Å². The van der Waals surface area contributed by atoms with E-state index in [4.69, 9.17) is 5.73 Å². The minimum absolute atomic E-state index is 0.346. The summed E-state index contributed by atoms with van der Waals surface area (Å²) in [6.45, 7) is 1.80. The number of nitrogens with zero attached hydrogens (tertiary/aromatic N) is 2. The minimum atomic E-state index is -0.692. The van der Waals surface area contributed by atoms with Crippen molar-refractivity contribution in [2.45, 2.75) is 13.0 Å². The van der Waals surface area contributed by atoms with Crippen LogP contribution in [0.2, 0.25) is 0 Å². The molecule has 1 heterocycles. The highest BCUT2D eigenvalue weighted by atomic mass is 19.1. The summed E-state index contributed by atoms with van der Waals surface area (Å²) in [7, 11) is 0. The number of benzene rings is 2. The van der Waals surface area contributed by atoms with Gasteiger partial charge in [0.1, 0.15) is 17.5 Å². The number of para-hydroxylation sites is 1. The van der Waals surface area contributed by atoms with E-state index in [9.17, 15) is 9.18 Å². The standard InChI is InChI=1S/C18H17FN4O/c1-12-15(11-21-23(12)16-10-6-5-9-14(16)19)22-17(18(20)24)13-7-3-2-4-8-13/h2-11,17,22H,1H3,(H2,20,24). The summed E-state index contributed by atoms with van der Waals surface area (Å²) in [5.74, 6) is -0.871. The third-order valence-electron chi connectivity index (χ3n) is 3.81. The summed E-state index contributed by atoms with van der Waals surface area (Å²) >= 11 is 0. The van der Waals surface area contributed by atoms with Gasteiger partial charge in [-0.25, -0.2) is 9.07 Å². The Hall–Kier alpha value is -3.15. The number of primary amides is 1. The predicted octanol–water partition coefficient (Wildman–Crippen LogP) is 2.96. The molecule has 0 saturated heterocycles. The van der Waals surface area contributed by atoms with Crippen LogP contribution in [-0.2, 0) is 4.79 Å². The number of anilines is 1. The van der Waals surface area contributed by atoms with E-state index in [2.05, 4.69) is 10.4 Å². The van der Waals surface area contributed by atoms with Crippen molar-refractivity contribution in [3.8, 4) is 5.69 Å². The number of hydrogen-bond acceptors (Lipinski definition) is 3. The second-order valence-corrected chi connectivity index (χ2v) is 5.40. The zero-order chi connectivity index (χ0) is 17.1. The molecule has 24 heavy (non-hydrogen) atoms. The Labute approximate surface area is 138 Å². The Bertz CT molecular complexity index is 860. The maximum Gasteiger partial charge on any atom is 0.244 e. The predicted molar refractivity (Wildman–Crippen MR) is 90.3 cm³/mol. The number of hydrogen-bond donors (Lipinski definition) is 2. The van der Waals surface area contributed by atoms with Gasteiger partial charge in [0.05, 0.1) is 17.6 Å². The number of carbonyl (C=O) groups is 1. The Morgan fingerprint density at radius 1 is 1.17 bits per heavy atom. The van der Waals surface area contributed by atoms with Crippen LogP contribution in [0.3, 0.4) is 0 Å². The van der Waals surface area contributed by atoms with Crippen molar-refractivity contribution in [3.63, 3.8) is 0 Å². The number of nitrogens with one attached hydrogen (secondary N) is 1. The normalized spacial score (nSPS) is 11.9. The lowest BCUT2D eigenvalue weighted by molar-refractivity contribution is -0.118. The molecule has 0 bridgehead atoms. The van der Waals surface area contributed by atoms with E-state index in [-0.39, 0.29) is 5.82 Å². The highest BCUT2D eigenvalue weighted by molar-refractivity contribution is 5.84. The fraction of sp³-hybridized carbons (Fsp3) is 0.111. The summed E-state index contributed by atoms with van der Waals surface area (Å²) in [5, 5.41) is 7.31. The third-order valence-corrected chi connectivity index (χ3v) is 3.81. The molecule has 1 amide bonds. The molecular weight excluding hydrogens is 307 g/mol. The number of aromatic nitrogens is 2. The quantitative estimate of drug-likeness (QED) is 0.758. The third kappa shape index (κ3) is 2.99. The van der Waals surface area contributed by atoms with Gasteiger partial charge in [0, 0.05) is 0 Å². The van der Waals surface area contributed by atoms with Gasteiger partial charge in [0.2, 0.25) is 5.91 Å². The maximum absolute atomic E-state index is 14.0. The van der Waals surface area contributed by atoms with Gasteiger partial charge in [0.25, 0.3) is 0 Å². The van der Waals surface area contributed by atoms with Crippen LogP contribution in [-0.4, -0.2) is 15.7 Å². The Balaban J connectivity index is 1.94. The smallest absolute Gasteiger partial charge is 0.244 e. The zero-order valence-corrected chi connectivity index (χ0v) is 13.1. The van der Waals surface area contributed by atoms with Crippen molar-refractivity contribution < 1.29 is 9.18 Å². The lowest BCUT2D eigenvalue weighted by Gasteiger charge is -2.17. The van der Waals surface area contributed by atoms with Crippen LogP contribution in [0.15, 0.2) is 60.8 Å². The van der Waals surface area contributed by atoms with E-state index in [0.717, 1.165) is 5.56 Å². The summed E-state index contributed by atoms with van der Waals surface area (Å²) in [6, 6.07) is 14.9. The minimum Gasteiger partial charge on any atom is -0.368 e. The van der Waals surface area contributed by atoms with E-state index < -0.39 is 11.9 Å². The first-order valence-electron chi connectivity index (χ1n) is 7.48. The molecule has 0 saturated carbocycles. The first kappa shape index (κ1) is 15.7. The van der Waals surface area contributed by atoms with Gasteiger partial charge in [-0.15, -0.1) is 0 Å². The van der Waals surface area contributed by atoms with Gasteiger partial charge < -0.3 is 11.1 Å². The van der Waals surface area contributed by atoms with Crippen molar-refractivity contribution in [1.82, 2.24) is 9.78 Å². The fourth-order valence-electron chi connectivity index (χ4n) is 2.54. The fourth-order valence-corrected chi connectivity index (χ4v) is 2.54. The number of carbonyl (C=O) groups excluding carboxylic acids is 1. The van der Waals surface area contributed by atoms with Gasteiger partial charge >= 0.3 is 0 Å². The topological polar surface area (TPSA) is 72.9 Å². The largest absolute Gasteiger partial charge is 0.368 e. The lowest BCUT2D eigenvalue weighted by Crippen LogP contribution is -2.27. The Morgan fingerprint density at radius 2 is 1.83 bits per heavy atom. The van der Waals surface area contributed by atoms with E-state index in [0.29, 0.717) is 17.1 Å². The van der Waals surface area contributed by atoms with Crippen LogP contribution in [0.5, 0.6) is 0 Å². The summed E-state index contributed by atoms with van der Waals surface area (Å²) < 4.78 is 15.5. The molecule has 2 aromatic carbocycles. The van der Waals surface area contributed by atoms with Crippen LogP contribution >= 0.6 is 0 Å². The van der Waals surface area contributed by atoms with E-state index in [1.807, 2.05) is 30.3 Å². The van der Waals surface area contributed by atoms with Gasteiger partial charge in [0.15, 0.2) is 0 Å². The van der Waals surface area contributed by atoms with E-state index in [1.165, 1.54) is 10.7 Å². The molecule has 3 rings (SSSR count). The summed E-state index contributed by atoms with van der Waals surface area (Å²) in [5.41, 5.74) is 7.92. The van der Waals surface area contributed by atoms with Crippen LogP contribution < -0.4 is 11.1 Å². The van der Waals surface area contributed by atoms with Gasteiger partial charge in [-0.1, -0.05) is 42.5 Å². The molecule has 122 valence electrons. The van der Waals surface area contributed by atoms with Crippen LogP contribution in [0.1, 0.15) is 17.3 Å². The van der Waals surface area contributed by atoms with Crippen molar-refractivity contribution in [2.24, 2.45) is 5.73 Å². The second-order valence-electron chi connectivity index (χ2n) is 5.40. The highest BCUT2D eigenvalue weighted by Crippen LogP contribution is 2.24. The zero-order valence-electron chi connectivity index (χ0n) is 13.1. The molecule has 3 N–H and O–H groups in total. The molecule has 1 aromatic heterocycles. The molecule has 0 aliphatic heterocycles. The average Bonchev–Trinajstić information content (AvgIpc) is 2.94. The second kappa shape index (κ2) is 6.54. The van der Waals surface area contributed by atoms with Gasteiger partial charge in [-0.2, -0.15) is 5.10 Å². The first-order valence-corrected chi connectivity index (χ1v) is 7.48. The molecule has 5 nitrogen and oxygen atoms in total. The van der Waals surface area contributed by atoms with Crippen molar-refractivity contribution >= 4 is 11.6 Å². The van der Waals surface area contributed by atoms with Crippen molar-refractivity contribution in [3.05, 3.63) is 77.9 Å². The monoisotopic (exact) mass is 324 g/mol. The Morgan fingerprint density at radius 3 is 2.50 bits per heavy atom. The molecule has 0 fully saturated rings. The molecule has 0 aliphatic carbocycles. The molecule has 3 aromatic rings. The average molecular weight is 324 g/mol.